The summed E-state index contributed by atoms with van der Waals surface area (Å²) in [6.45, 7) is 5.67. The molecule has 29 heavy (non-hydrogen) atoms. The van der Waals surface area contributed by atoms with Crippen LogP contribution >= 0.6 is 11.6 Å². The molecule has 0 aliphatic carbocycles. The maximum absolute atomic E-state index is 6.89. The van der Waals surface area contributed by atoms with Gasteiger partial charge in [0.15, 0.2) is 0 Å². The molecular formula is C23H24ClN3O2. The first-order valence-corrected chi connectivity index (χ1v) is 10.4. The van der Waals surface area contributed by atoms with Crippen LogP contribution < -0.4 is 5.32 Å². The van der Waals surface area contributed by atoms with Crippen molar-refractivity contribution in [2.75, 3.05) is 33.0 Å². The summed E-state index contributed by atoms with van der Waals surface area (Å²) in [6, 6.07) is 6.60. The number of pyridine rings is 1. The van der Waals surface area contributed by atoms with Crippen molar-refractivity contribution in [1.29, 1.82) is 0 Å². The van der Waals surface area contributed by atoms with Crippen LogP contribution in [-0.4, -0.2) is 42.9 Å². The quantitative estimate of drug-likeness (QED) is 0.660. The highest BCUT2D eigenvalue weighted by atomic mass is 35.5. The summed E-state index contributed by atoms with van der Waals surface area (Å²) in [7, 11) is 0. The minimum Gasteiger partial charge on any atom is -0.378 e. The van der Waals surface area contributed by atoms with Gasteiger partial charge in [0.2, 0.25) is 0 Å². The van der Waals surface area contributed by atoms with Gasteiger partial charge in [0, 0.05) is 40.5 Å². The number of benzene rings is 1. The fourth-order valence-corrected chi connectivity index (χ4v) is 4.57. The molecule has 1 fully saturated rings. The molecular weight excluding hydrogens is 386 g/mol. The number of morpholine rings is 1. The maximum Gasteiger partial charge on any atom is 0.137 e. The molecule has 5 rings (SSSR count). The van der Waals surface area contributed by atoms with E-state index >= 15 is 0 Å². The lowest BCUT2D eigenvalue weighted by molar-refractivity contribution is 0.0768. The Morgan fingerprint density at radius 2 is 2.07 bits per heavy atom. The van der Waals surface area contributed by atoms with Crippen LogP contribution in [0.2, 0.25) is 5.02 Å². The second-order valence-corrected chi connectivity index (χ2v) is 8.06. The van der Waals surface area contributed by atoms with Crippen LogP contribution in [0, 0.1) is 6.92 Å². The Kier molecular flexibility index (Phi) is 5.14. The van der Waals surface area contributed by atoms with Gasteiger partial charge in [0.1, 0.15) is 5.65 Å². The van der Waals surface area contributed by atoms with Crippen LogP contribution in [0.25, 0.3) is 27.7 Å². The Hall–Kier alpha value is -2.18. The van der Waals surface area contributed by atoms with Gasteiger partial charge in [0.25, 0.3) is 0 Å². The molecule has 1 saturated heterocycles. The zero-order valence-electron chi connectivity index (χ0n) is 16.4. The number of fused-ring (bicyclic) bond motifs is 1. The Labute approximate surface area is 175 Å². The third-order valence-electron chi connectivity index (χ3n) is 5.77. The summed E-state index contributed by atoms with van der Waals surface area (Å²) in [5, 5.41) is 5.49. The molecule has 1 aromatic carbocycles. The number of nitrogens with zero attached hydrogens (tertiary/aromatic N) is 1. The molecule has 150 valence electrons. The van der Waals surface area contributed by atoms with Crippen LogP contribution in [0.1, 0.15) is 29.2 Å². The summed E-state index contributed by atoms with van der Waals surface area (Å²) in [4.78, 5) is 7.81. The van der Waals surface area contributed by atoms with E-state index in [4.69, 9.17) is 21.1 Å². The molecule has 0 bridgehead atoms. The Morgan fingerprint density at radius 3 is 2.86 bits per heavy atom. The van der Waals surface area contributed by atoms with Gasteiger partial charge >= 0.3 is 0 Å². The summed E-state index contributed by atoms with van der Waals surface area (Å²) >= 11 is 6.89. The second kappa shape index (κ2) is 7.92. The van der Waals surface area contributed by atoms with Crippen molar-refractivity contribution in [3.05, 3.63) is 58.4 Å². The highest BCUT2D eigenvalue weighted by Gasteiger charge is 2.24. The molecule has 3 aromatic rings. The number of hydrogen-bond donors (Lipinski definition) is 2. The van der Waals surface area contributed by atoms with Gasteiger partial charge in [0.05, 0.1) is 32.5 Å². The fraction of sp³-hybridized carbons (Fsp3) is 0.348. The SMILES string of the molecule is Cc1c[nH]c2ncc(-c3cc(Cl)c(C4=CCOCC4)c(C4COCCN4)c3)cc12. The van der Waals surface area contributed by atoms with Crippen LogP contribution in [0.4, 0.5) is 0 Å². The normalized spacial score (nSPS) is 20.1. The van der Waals surface area contributed by atoms with E-state index in [1.807, 2.05) is 12.4 Å². The number of nitrogens with one attached hydrogen (secondary N) is 2. The number of aromatic amines is 1. The van der Waals surface area contributed by atoms with Crippen molar-refractivity contribution in [3.63, 3.8) is 0 Å². The van der Waals surface area contributed by atoms with Crippen molar-refractivity contribution in [2.24, 2.45) is 0 Å². The summed E-state index contributed by atoms with van der Waals surface area (Å²) in [6.07, 6.45) is 6.92. The van der Waals surface area contributed by atoms with Gasteiger partial charge in [-0.2, -0.15) is 0 Å². The predicted molar refractivity (Wildman–Crippen MR) is 116 cm³/mol. The van der Waals surface area contributed by atoms with E-state index in [1.54, 1.807) is 0 Å². The van der Waals surface area contributed by atoms with Gasteiger partial charge in [-0.15, -0.1) is 0 Å². The van der Waals surface area contributed by atoms with Crippen LogP contribution in [0.15, 0.2) is 36.7 Å². The van der Waals surface area contributed by atoms with Crippen LogP contribution in [0.5, 0.6) is 0 Å². The average Bonchev–Trinajstić information content (AvgIpc) is 3.14. The van der Waals surface area contributed by atoms with E-state index in [1.165, 1.54) is 16.7 Å². The Balaban J connectivity index is 1.65. The summed E-state index contributed by atoms with van der Waals surface area (Å²) < 4.78 is 11.3. The molecule has 0 saturated carbocycles. The number of halogens is 1. The van der Waals surface area contributed by atoms with Crippen molar-refractivity contribution in [1.82, 2.24) is 15.3 Å². The number of hydrogen-bond acceptors (Lipinski definition) is 4. The van der Waals surface area contributed by atoms with Gasteiger partial charge in [-0.25, -0.2) is 4.98 Å². The highest BCUT2D eigenvalue weighted by molar-refractivity contribution is 6.33. The monoisotopic (exact) mass is 409 g/mol. The Morgan fingerprint density at radius 1 is 1.14 bits per heavy atom. The van der Waals surface area contributed by atoms with Crippen molar-refractivity contribution < 1.29 is 9.47 Å². The topological polar surface area (TPSA) is 59.2 Å². The van der Waals surface area contributed by atoms with Gasteiger partial charge in [-0.1, -0.05) is 17.7 Å². The van der Waals surface area contributed by atoms with E-state index in [0.717, 1.165) is 58.9 Å². The lowest BCUT2D eigenvalue weighted by Gasteiger charge is -2.28. The molecule has 2 aliphatic rings. The molecule has 2 aromatic heterocycles. The van der Waals surface area contributed by atoms with Crippen molar-refractivity contribution in [2.45, 2.75) is 19.4 Å². The molecule has 1 unspecified atom stereocenters. The molecule has 6 heteroatoms. The molecule has 1 atom stereocenters. The van der Waals surface area contributed by atoms with Gasteiger partial charge in [-0.05, 0) is 53.8 Å². The molecule has 0 spiro atoms. The zero-order valence-corrected chi connectivity index (χ0v) is 17.2. The first kappa shape index (κ1) is 18.8. The van der Waals surface area contributed by atoms with E-state index in [-0.39, 0.29) is 6.04 Å². The van der Waals surface area contributed by atoms with Gasteiger partial charge in [-0.3, -0.25) is 0 Å². The number of aromatic nitrogens is 2. The minimum atomic E-state index is 0.116. The standard InChI is InChI=1S/C23H24ClN3O2/c1-14-11-26-23-18(14)9-17(12-27-23)16-8-19(21-13-29-7-4-25-21)22(20(24)10-16)15-2-5-28-6-3-15/h2,8-12,21,25H,3-7,13H2,1H3,(H,26,27). The van der Waals surface area contributed by atoms with E-state index in [9.17, 15) is 0 Å². The highest BCUT2D eigenvalue weighted by Crippen LogP contribution is 2.39. The van der Waals surface area contributed by atoms with Crippen LogP contribution in [0.3, 0.4) is 0 Å². The first-order chi connectivity index (χ1) is 14.2. The molecule has 0 radical (unpaired) electrons. The Bertz CT molecular complexity index is 1080. The lowest BCUT2D eigenvalue weighted by atomic mass is 9.89. The van der Waals surface area contributed by atoms with Gasteiger partial charge < -0.3 is 19.8 Å². The third kappa shape index (κ3) is 3.60. The summed E-state index contributed by atoms with van der Waals surface area (Å²) in [5.74, 6) is 0. The number of aryl methyl sites for hydroxylation is 1. The average molecular weight is 410 g/mol. The first-order valence-electron chi connectivity index (χ1n) is 10.1. The number of rotatable bonds is 3. The maximum atomic E-state index is 6.89. The van der Waals surface area contributed by atoms with Crippen molar-refractivity contribution in [3.8, 4) is 11.1 Å². The molecule has 2 aliphatic heterocycles. The predicted octanol–water partition coefficient (Wildman–Crippen LogP) is 4.66. The number of ether oxygens (including phenoxy) is 2. The fourth-order valence-electron chi connectivity index (χ4n) is 4.22. The minimum absolute atomic E-state index is 0.116. The molecule has 0 amide bonds. The lowest BCUT2D eigenvalue weighted by Crippen LogP contribution is -2.35. The largest absolute Gasteiger partial charge is 0.378 e. The third-order valence-corrected chi connectivity index (χ3v) is 6.07. The van der Waals surface area contributed by atoms with E-state index < -0.39 is 0 Å². The zero-order chi connectivity index (χ0) is 19.8. The molecule has 4 heterocycles. The smallest absolute Gasteiger partial charge is 0.137 e. The van der Waals surface area contributed by atoms with E-state index in [2.05, 4.69) is 46.5 Å². The second-order valence-electron chi connectivity index (χ2n) is 7.65. The molecule has 2 N–H and O–H groups in total. The van der Waals surface area contributed by atoms with Crippen LogP contribution in [-0.2, 0) is 9.47 Å². The van der Waals surface area contributed by atoms with Crippen molar-refractivity contribution >= 4 is 28.2 Å². The van der Waals surface area contributed by atoms with E-state index in [0.29, 0.717) is 13.2 Å². The summed E-state index contributed by atoms with van der Waals surface area (Å²) in [5.41, 5.74) is 7.79. The number of H-pyrrole nitrogens is 1. The molecule has 5 nitrogen and oxygen atoms in total.